The van der Waals surface area contributed by atoms with Crippen molar-refractivity contribution in [1.82, 2.24) is 15.3 Å². The van der Waals surface area contributed by atoms with Crippen LogP contribution >= 0.6 is 0 Å². The average Bonchev–Trinajstić information content (AvgIpc) is 2.74. The number of amides is 1. The summed E-state index contributed by atoms with van der Waals surface area (Å²) < 4.78 is 0. The molecule has 0 saturated heterocycles. The van der Waals surface area contributed by atoms with Gasteiger partial charge in [0, 0.05) is 19.0 Å². The van der Waals surface area contributed by atoms with Crippen molar-refractivity contribution in [2.75, 3.05) is 6.54 Å². The highest BCUT2D eigenvalue weighted by atomic mass is 16.2. The van der Waals surface area contributed by atoms with Gasteiger partial charge in [0.25, 0.3) is 0 Å². The van der Waals surface area contributed by atoms with E-state index in [4.69, 9.17) is 0 Å². The molecule has 2 aromatic heterocycles. The first kappa shape index (κ1) is 22.7. The van der Waals surface area contributed by atoms with Crippen LogP contribution in [-0.4, -0.2) is 34.7 Å². The maximum atomic E-state index is 12.6. The number of nitrogens with zero attached hydrogens (tertiary/aromatic N) is 3. The van der Waals surface area contributed by atoms with E-state index in [-0.39, 0.29) is 11.8 Å². The molecule has 0 unspecified atom stereocenters. The fourth-order valence-electron chi connectivity index (χ4n) is 3.10. The topological polar surface area (TPSA) is 67.2 Å². The molecule has 0 aliphatic carbocycles. The number of unbranched alkanes of at least 4 members (excludes halogenated alkanes) is 5. The molecule has 156 valence electrons. The molecule has 5 heteroatoms. The molecule has 2 aromatic rings. The van der Waals surface area contributed by atoms with Crippen LogP contribution in [0.1, 0.15) is 65.0 Å². The number of aromatic nitrogens is 2. The highest BCUT2D eigenvalue weighted by molar-refractivity contribution is 5.86. The van der Waals surface area contributed by atoms with Gasteiger partial charge in [0.05, 0.1) is 17.1 Å². The Kier molecular flexibility index (Phi) is 10.0. The van der Waals surface area contributed by atoms with Crippen molar-refractivity contribution in [2.24, 2.45) is 10.9 Å². The highest BCUT2D eigenvalue weighted by Gasteiger charge is 2.20. The van der Waals surface area contributed by atoms with E-state index in [9.17, 15) is 4.79 Å². The van der Waals surface area contributed by atoms with Gasteiger partial charge in [-0.15, -0.1) is 0 Å². The van der Waals surface area contributed by atoms with E-state index >= 15 is 0 Å². The molecule has 0 fully saturated rings. The van der Waals surface area contributed by atoms with Crippen molar-refractivity contribution in [3.8, 4) is 11.4 Å². The van der Waals surface area contributed by atoms with E-state index in [1.165, 1.54) is 32.1 Å². The van der Waals surface area contributed by atoms with E-state index in [1.54, 1.807) is 12.4 Å². The van der Waals surface area contributed by atoms with Gasteiger partial charge in [-0.3, -0.25) is 14.8 Å². The van der Waals surface area contributed by atoms with Gasteiger partial charge in [-0.1, -0.05) is 65.0 Å². The Morgan fingerprint density at radius 1 is 1.03 bits per heavy atom. The second kappa shape index (κ2) is 12.8. The lowest BCUT2D eigenvalue weighted by atomic mass is 10.0. The first-order valence-electron chi connectivity index (χ1n) is 10.8. The fourth-order valence-corrected chi connectivity index (χ4v) is 3.10. The van der Waals surface area contributed by atoms with Crippen LogP contribution in [-0.2, 0) is 4.79 Å². The smallest absolute Gasteiger partial charge is 0.245 e. The highest BCUT2D eigenvalue weighted by Crippen LogP contribution is 2.14. The minimum atomic E-state index is -0.407. The molecule has 0 radical (unpaired) electrons. The van der Waals surface area contributed by atoms with E-state index in [2.05, 4.69) is 27.2 Å². The Labute approximate surface area is 175 Å². The quantitative estimate of drug-likeness (QED) is 0.404. The molecule has 5 nitrogen and oxygen atoms in total. The molecule has 0 bridgehead atoms. The Hall–Kier alpha value is -2.56. The van der Waals surface area contributed by atoms with Crippen LogP contribution in [0, 0.1) is 5.92 Å². The summed E-state index contributed by atoms with van der Waals surface area (Å²) in [6.07, 6.45) is 10.7. The summed E-state index contributed by atoms with van der Waals surface area (Å²) >= 11 is 0. The summed E-state index contributed by atoms with van der Waals surface area (Å²) in [6, 6.07) is 11.1. The Bertz CT molecular complexity index is 758. The summed E-state index contributed by atoms with van der Waals surface area (Å²) in [4.78, 5) is 26.1. The molecule has 0 aromatic carbocycles. The van der Waals surface area contributed by atoms with E-state index < -0.39 is 6.04 Å². The molecule has 2 heterocycles. The predicted molar refractivity (Wildman–Crippen MR) is 120 cm³/mol. The first-order chi connectivity index (χ1) is 14.1. The lowest BCUT2D eigenvalue weighted by Gasteiger charge is -2.16. The maximum Gasteiger partial charge on any atom is 0.245 e. The number of aliphatic imine (C=N–C) groups is 1. The zero-order valence-corrected chi connectivity index (χ0v) is 18.0. The minimum Gasteiger partial charge on any atom is -0.354 e. The summed E-state index contributed by atoms with van der Waals surface area (Å²) in [6.45, 7) is 6.97. The zero-order valence-electron chi connectivity index (χ0n) is 18.0. The van der Waals surface area contributed by atoms with Crippen LogP contribution in [0.25, 0.3) is 11.4 Å². The van der Waals surface area contributed by atoms with Gasteiger partial charge < -0.3 is 5.32 Å². The molecular formula is C24H34N4O. The molecule has 0 spiro atoms. The van der Waals surface area contributed by atoms with E-state index in [0.29, 0.717) is 0 Å². The van der Waals surface area contributed by atoms with Crippen LogP contribution in [0.15, 0.2) is 47.6 Å². The molecule has 1 N–H and O–H groups in total. The van der Waals surface area contributed by atoms with Crippen molar-refractivity contribution < 1.29 is 4.79 Å². The van der Waals surface area contributed by atoms with E-state index in [1.807, 2.05) is 50.2 Å². The first-order valence-corrected chi connectivity index (χ1v) is 10.8. The van der Waals surface area contributed by atoms with Crippen molar-refractivity contribution in [3.05, 3.63) is 48.3 Å². The third-order valence-corrected chi connectivity index (χ3v) is 4.80. The van der Waals surface area contributed by atoms with Crippen LogP contribution in [0.4, 0.5) is 0 Å². The molecular weight excluding hydrogens is 360 g/mol. The number of carbonyl (C=O) groups excluding carboxylic acids is 1. The van der Waals surface area contributed by atoms with Crippen molar-refractivity contribution in [2.45, 2.75) is 65.3 Å². The van der Waals surface area contributed by atoms with Crippen molar-refractivity contribution in [1.29, 1.82) is 0 Å². The second-order valence-corrected chi connectivity index (χ2v) is 7.69. The predicted octanol–water partition coefficient (Wildman–Crippen LogP) is 5.06. The number of hydrogen-bond acceptors (Lipinski definition) is 4. The van der Waals surface area contributed by atoms with Crippen LogP contribution in [0.3, 0.4) is 0 Å². The molecule has 1 amide bonds. The van der Waals surface area contributed by atoms with Gasteiger partial charge in [-0.05, 0) is 36.6 Å². The molecule has 0 saturated carbocycles. The van der Waals surface area contributed by atoms with Gasteiger partial charge in [-0.2, -0.15) is 0 Å². The standard InChI is InChI=1S/C24H34N4O/c1-4-5-6-7-8-10-17-26-24(29)23(19(2)3)27-18-20-13-12-15-22(28-20)21-14-9-11-16-25-21/h9,11-16,18-19,23H,4-8,10,17H2,1-3H3,(H,26,29)/t23-/m0/s1. The van der Waals surface area contributed by atoms with Crippen LogP contribution in [0.2, 0.25) is 0 Å². The van der Waals surface area contributed by atoms with Crippen molar-refractivity contribution in [3.63, 3.8) is 0 Å². The Morgan fingerprint density at radius 3 is 2.52 bits per heavy atom. The molecule has 2 rings (SSSR count). The van der Waals surface area contributed by atoms with Gasteiger partial charge in [0.15, 0.2) is 0 Å². The van der Waals surface area contributed by atoms with Crippen molar-refractivity contribution >= 4 is 12.1 Å². The lowest BCUT2D eigenvalue weighted by molar-refractivity contribution is -0.123. The van der Waals surface area contributed by atoms with Crippen LogP contribution in [0.5, 0.6) is 0 Å². The summed E-state index contributed by atoms with van der Waals surface area (Å²) in [7, 11) is 0. The Morgan fingerprint density at radius 2 is 1.79 bits per heavy atom. The molecule has 1 atom stereocenters. The average molecular weight is 395 g/mol. The van der Waals surface area contributed by atoms with Gasteiger partial charge in [0.2, 0.25) is 5.91 Å². The van der Waals surface area contributed by atoms with E-state index in [0.717, 1.165) is 30.0 Å². The SMILES string of the molecule is CCCCCCCCNC(=O)[C@@H](N=Cc1cccc(-c2ccccn2)n1)C(C)C. The summed E-state index contributed by atoms with van der Waals surface area (Å²) in [5, 5.41) is 3.05. The van der Waals surface area contributed by atoms with Gasteiger partial charge in [0.1, 0.15) is 6.04 Å². The number of rotatable bonds is 12. The number of pyridine rings is 2. The molecule has 0 aliphatic heterocycles. The van der Waals surface area contributed by atoms with Gasteiger partial charge in [-0.25, -0.2) is 4.98 Å². The fraction of sp³-hybridized carbons (Fsp3) is 0.500. The van der Waals surface area contributed by atoms with Gasteiger partial charge >= 0.3 is 0 Å². The summed E-state index contributed by atoms with van der Waals surface area (Å²) in [5.41, 5.74) is 2.34. The number of nitrogens with one attached hydrogen (secondary N) is 1. The molecule has 0 aliphatic rings. The number of hydrogen-bond donors (Lipinski definition) is 1. The minimum absolute atomic E-state index is 0.00862. The lowest BCUT2D eigenvalue weighted by Crippen LogP contribution is -2.37. The third kappa shape index (κ3) is 8.14. The summed E-state index contributed by atoms with van der Waals surface area (Å²) in [5.74, 6) is 0.112. The van der Waals surface area contributed by atoms with Crippen LogP contribution < -0.4 is 5.32 Å². The normalized spacial score (nSPS) is 12.4. The maximum absolute atomic E-state index is 12.6. The second-order valence-electron chi connectivity index (χ2n) is 7.69. The Balaban J connectivity index is 1.91. The molecule has 29 heavy (non-hydrogen) atoms. The number of carbonyl (C=O) groups is 1. The zero-order chi connectivity index (χ0) is 20.9. The third-order valence-electron chi connectivity index (χ3n) is 4.80. The largest absolute Gasteiger partial charge is 0.354 e. The monoisotopic (exact) mass is 394 g/mol.